The van der Waals surface area contributed by atoms with Gasteiger partial charge in [-0.15, -0.1) is 0 Å². The van der Waals surface area contributed by atoms with Crippen molar-refractivity contribution in [2.45, 2.75) is 19.4 Å². The molecular weight excluding hydrogens is 317 g/mol. The molecule has 0 aliphatic carbocycles. The van der Waals surface area contributed by atoms with Gasteiger partial charge in [0.25, 0.3) is 0 Å². The number of carboxylic acid groups (broad SMARTS) is 1. The van der Waals surface area contributed by atoms with Gasteiger partial charge < -0.3 is 15.7 Å². The number of aromatic nitrogens is 1. The number of nitrogens with zero attached hydrogens (tertiary/aromatic N) is 1. The van der Waals surface area contributed by atoms with Gasteiger partial charge in [0.2, 0.25) is 0 Å². The maximum absolute atomic E-state index is 13.0. The van der Waals surface area contributed by atoms with Crippen molar-refractivity contribution in [3.63, 3.8) is 0 Å². The fourth-order valence-corrected chi connectivity index (χ4v) is 2.28. The lowest BCUT2D eigenvalue weighted by Gasteiger charge is -2.19. The number of nitrogens with one attached hydrogen (secondary N) is 2. The Kier molecular flexibility index (Phi) is 5.59. The average Bonchev–Trinajstić information content (AvgIpc) is 2.46. The molecule has 0 saturated heterocycles. The molecule has 0 bridgehead atoms. The molecule has 1 aromatic carbocycles. The topological polar surface area (TPSA) is 74.2 Å². The molecule has 3 N–H and O–H groups in total. The van der Waals surface area contributed by atoms with E-state index in [1.165, 1.54) is 24.3 Å². The van der Waals surface area contributed by atoms with Crippen LogP contribution in [-0.4, -0.2) is 21.2 Å². The van der Waals surface area contributed by atoms with Crippen molar-refractivity contribution in [1.82, 2.24) is 10.3 Å². The fraction of sp³-hybridized carbons (Fsp3) is 0.188. The van der Waals surface area contributed by atoms with Gasteiger partial charge in [-0.05, 0) is 54.5 Å². The molecule has 5 nitrogen and oxygen atoms in total. The van der Waals surface area contributed by atoms with E-state index >= 15 is 0 Å². The second-order valence-electron chi connectivity index (χ2n) is 5.02. The van der Waals surface area contributed by atoms with Gasteiger partial charge in [-0.1, -0.05) is 12.1 Å². The quantitative estimate of drug-likeness (QED) is 0.731. The van der Waals surface area contributed by atoms with Crippen LogP contribution < -0.4 is 10.6 Å². The Morgan fingerprint density at radius 3 is 2.65 bits per heavy atom. The van der Waals surface area contributed by atoms with Crippen LogP contribution in [0.3, 0.4) is 0 Å². The van der Waals surface area contributed by atoms with E-state index in [0.29, 0.717) is 11.4 Å². The first-order valence-corrected chi connectivity index (χ1v) is 7.32. The maximum atomic E-state index is 13.0. The van der Waals surface area contributed by atoms with E-state index in [2.05, 4.69) is 15.6 Å². The Morgan fingerprint density at radius 1 is 1.35 bits per heavy atom. The first kappa shape index (κ1) is 16.8. The highest BCUT2D eigenvalue weighted by atomic mass is 32.1. The highest BCUT2D eigenvalue weighted by Crippen LogP contribution is 2.18. The van der Waals surface area contributed by atoms with Crippen molar-refractivity contribution >= 4 is 29.1 Å². The van der Waals surface area contributed by atoms with Crippen molar-refractivity contribution in [2.24, 2.45) is 0 Å². The Hall–Kier alpha value is -2.54. The summed E-state index contributed by atoms with van der Waals surface area (Å²) >= 11 is 5.20. The zero-order chi connectivity index (χ0) is 16.8. The summed E-state index contributed by atoms with van der Waals surface area (Å²) in [5, 5.41) is 15.1. The number of carboxylic acids is 1. The van der Waals surface area contributed by atoms with E-state index in [1.807, 2.05) is 19.1 Å². The Bertz CT molecular complexity index is 707. The van der Waals surface area contributed by atoms with Crippen LogP contribution in [-0.2, 0) is 4.79 Å². The molecule has 0 radical (unpaired) electrons. The van der Waals surface area contributed by atoms with Gasteiger partial charge in [-0.25, -0.2) is 9.37 Å². The third kappa shape index (κ3) is 5.30. The van der Waals surface area contributed by atoms with Crippen LogP contribution in [0.25, 0.3) is 0 Å². The summed E-state index contributed by atoms with van der Waals surface area (Å²) in [6, 6.07) is 8.73. The highest BCUT2D eigenvalue weighted by Gasteiger charge is 2.17. The summed E-state index contributed by atoms with van der Waals surface area (Å²) in [5.41, 5.74) is 1.65. The van der Waals surface area contributed by atoms with Crippen molar-refractivity contribution in [3.05, 3.63) is 59.5 Å². The molecule has 23 heavy (non-hydrogen) atoms. The smallest absolute Gasteiger partial charge is 0.305 e. The molecule has 0 amide bonds. The van der Waals surface area contributed by atoms with Crippen LogP contribution in [0.2, 0.25) is 0 Å². The van der Waals surface area contributed by atoms with Crippen molar-refractivity contribution in [2.75, 3.05) is 5.32 Å². The normalized spacial score (nSPS) is 11.6. The number of pyridine rings is 1. The molecule has 2 aromatic rings. The molecule has 0 spiro atoms. The van der Waals surface area contributed by atoms with Crippen LogP contribution in [0.15, 0.2) is 42.6 Å². The highest BCUT2D eigenvalue weighted by molar-refractivity contribution is 7.80. The van der Waals surface area contributed by atoms with Crippen LogP contribution >= 0.6 is 12.2 Å². The largest absolute Gasteiger partial charge is 0.481 e. The minimum Gasteiger partial charge on any atom is -0.481 e. The van der Waals surface area contributed by atoms with Gasteiger partial charge in [0.1, 0.15) is 11.6 Å². The van der Waals surface area contributed by atoms with Crippen molar-refractivity contribution < 1.29 is 14.3 Å². The van der Waals surface area contributed by atoms with E-state index in [9.17, 15) is 9.18 Å². The first-order chi connectivity index (χ1) is 10.9. The zero-order valence-electron chi connectivity index (χ0n) is 12.4. The number of hydrogen-bond acceptors (Lipinski definition) is 3. The molecular formula is C16H16FN3O2S. The second-order valence-corrected chi connectivity index (χ2v) is 5.43. The molecule has 2 rings (SSSR count). The number of carbonyl (C=O) groups is 1. The number of aliphatic carboxylic acids is 1. The van der Waals surface area contributed by atoms with Crippen LogP contribution in [0.5, 0.6) is 0 Å². The maximum Gasteiger partial charge on any atom is 0.305 e. The molecule has 0 saturated carbocycles. The number of aryl methyl sites for hydroxylation is 1. The lowest BCUT2D eigenvalue weighted by Crippen LogP contribution is -2.33. The SMILES string of the molecule is Cc1ccnc(NC(=S)N[C@H](CC(=O)O)c2ccc(F)cc2)c1. The summed E-state index contributed by atoms with van der Waals surface area (Å²) in [7, 11) is 0. The van der Waals surface area contributed by atoms with Crippen LogP contribution in [0.4, 0.5) is 10.2 Å². The Morgan fingerprint density at radius 2 is 2.04 bits per heavy atom. The van der Waals surface area contributed by atoms with E-state index in [0.717, 1.165) is 5.56 Å². The fourth-order valence-electron chi connectivity index (χ4n) is 2.04. The summed E-state index contributed by atoms with van der Waals surface area (Å²) < 4.78 is 13.0. The molecule has 0 aliphatic rings. The van der Waals surface area contributed by atoms with Gasteiger partial charge in [-0.3, -0.25) is 4.79 Å². The second kappa shape index (κ2) is 7.64. The Labute approximate surface area is 138 Å². The van der Waals surface area contributed by atoms with Crippen LogP contribution in [0.1, 0.15) is 23.6 Å². The number of halogens is 1. The number of hydrogen-bond donors (Lipinski definition) is 3. The molecule has 0 fully saturated rings. The summed E-state index contributed by atoms with van der Waals surface area (Å²) in [5.74, 6) is -0.800. The van der Waals surface area contributed by atoms with Crippen molar-refractivity contribution in [3.8, 4) is 0 Å². The van der Waals surface area contributed by atoms with E-state index in [1.54, 1.807) is 6.20 Å². The molecule has 1 aromatic heterocycles. The lowest BCUT2D eigenvalue weighted by atomic mass is 10.0. The lowest BCUT2D eigenvalue weighted by molar-refractivity contribution is -0.137. The van der Waals surface area contributed by atoms with Gasteiger partial charge in [0, 0.05) is 6.20 Å². The van der Waals surface area contributed by atoms with Crippen LogP contribution in [0, 0.1) is 12.7 Å². The molecule has 7 heteroatoms. The molecule has 120 valence electrons. The molecule has 0 aliphatic heterocycles. The number of thiocarbonyl (C=S) groups is 1. The van der Waals surface area contributed by atoms with E-state index in [-0.39, 0.29) is 17.4 Å². The summed E-state index contributed by atoms with van der Waals surface area (Å²) in [6.45, 7) is 1.93. The predicted octanol–water partition coefficient (Wildman–Crippen LogP) is 3.03. The first-order valence-electron chi connectivity index (χ1n) is 6.91. The van der Waals surface area contributed by atoms with Gasteiger partial charge in [0.15, 0.2) is 5.11 Å². The Balaban J connectivity index is 2.09. The number of benzene rings is 1. The minimum atomic E-state index is -0.983. The van der Waals surface area contributed by atoms with Gasteiger partial charge >= 0.3 is 5.97 Å². The standard InChI is InChI=1S/C16H16FN3O2S/c1-10-6-7-18-14(8-10)20-16(23)19-13(9-15(21)22)11-2-4-12(17)5-3-11/h2-8,13H,9H2,1H3,(H,21,22)(H2,18,19,20,23)/t13-/m1/s1. The average molecular weight is 333 g/mol. The molecule has 1 atom stereocenters. The molecule has 1 heterocycles. The molecule has 0 unspecified atom stereocenters. The number of anilines is 1. The number of rotatable bonds is 5. The minimum absolute atomic E-state index is 0.186. The summed E-state index contributed by atoms with van der Waals surface area (Å²) in [6.07, 6.45) is 1.46. The van der Waals surface area contributed by atoms with Crippen molar-refractivity contribution in [1.29, 1.82) is 0 Å². The van der Waals surface area contributed by atoms with E-state index < -0.39 is 12.0 Å². The third-order valence-corrected chi connectivity index (χ3v) is 3.33. The van der Waals surface area contributed by atoms with Gasteiger partial charge in [-0.2, -0.15) is 0 Å². The monoisotopic (exact) mass is 333 g/mol. The zero-order valence-corrected chi connectivity index (χ0v) is 13.2. The summed E-state index contributed by atoms with van der Waals surface area (Å²) in [4.78, 5) is 15.2. The van der Waals surface area contributed by atoms with Gasteiger partial charge in [0.05, 0.1) is 12.5 Å². The predicted molar refractivity (Wildman–Crippen MR) is 89.7 cm³/mol. The van der Waals surface area contributed by atoms with E-state index in [4.69, 9.17) is 17.3 Å². The third-order valence-electron chi connectivity index (χ3n) is 3.11.